The topological polar surface area (TPSA) is 50.8 Å². The number of nitrogens with zero attached hydrogens (tertiary/aromatic N) is 1. The molecule has 0 radical (unpaired) electrons. The predicted octanol–water partition coefficient (Wildman–Crippen LogP) is 1.18. The lowest BCUT2D eigenvalue weighted by molar-refractivity contribution is 0.0934. The molecule has 1 heterocycles. The van der Waals surface area contributed by atoms with Crippen LogP contribution < -0.4 is 14.8 Å². The number of ether oxygens (including phenoxy) is 2. The fraction of sp³-hybridized carbons (Fsp3) is 0.533. The second kappa shape index (κ2) is 7.26. The molecule has 5 heteroatoms. The number of nitrogens with one attached hydrogen (secondary N) is 1. The Labute approximate surface area is 119 Å². The molecule has 0 saturated carbocycles. The number of carbonyl (C=O) groups excluding carboxylic acids is 1. The molecular weight excluding hydrogens is 256 g/mol. The van der Waals surface area contributed by atoms with Crippen LogP contribution in [-0.2, 0) is 0 Å². The van der Waals surface area contributed by atoms with Gasteiger partial charge in [0.2, 0.25) is 0 Å². The first-order valence-corrected chi connectivity index (χ1v) is 6.92. The number of benzene rings is 1. The minimum Gasteiger partial charge on any atom is -0.497 e. The van der Waals surface area contributed by atoms with Crippen LogP contribution in [0.4, 0.5) is 0 Å². The molecule has 1 aromatic rings. The molecule has 0 bridgehead atoms. The SMILES string of the molecule is COc1cc(OC)cc(C(=O)CN2CCCNCC2)c1. The molecule has 1 N–H and O–H groups in total. The second-order valence-electron chi connectivity index (χ2n) is 4.90. The maximum atomic E-state index is 12.4. The van der Waals surface area contributed by atoms with Crippen molar-refractivity contribution in [2.75, 3.05) is 46.9 Å². The molecule has 1 aliphatic rings. The van der Waals surface area contributed by atoms with Crippen LogP contribution in [0.2, 0.25) is 0 Å². The third-order valence-electron chi connectivity index (χ3n) is 3.47. The smallest absolute Gasteiger partial charge is 0.177 e. The second-order valence-corrected chi connectivity index (χ2v) is 4.90. The Morgan fingerprint density at radius 2 is 1.85 bits per heavy atom. The van der Waals surface area contributed by atoms with E-state index in [0.29, 0.717) is 23.6 Å². The fourth-order valence-corrected chi connectivity index (χ4v) is 2.32. The van der Waals surface area contributed by atoms with E-state index < -0.39 is 0 Å². The van der Waals surface area contributed by atoms with Crippen molar-refractivity contribution in [3.8, 4) is 11.5 Å². The van der Waals surface area contributed by atoms with Crippen LogP contribution in [0.15, 0.2) is 18.2 Å². The van der Waals surface area contributed by atoms with Crippen LogP contribution in [0.3, 0.4) is 0 Å². The highest BCUT2D eigenvalue weighted by molar-refractivity contribution is 5.98. The summed E-state index contributed by atoms with van der Waals surface area (Å²) in [5, 5.41) is 3.33. The quantitative estimate of drug-likeness (QED) is 0.820. The third kappa shape index (κ3) is 3.95. The molecule has 0 aromatic heterocycles. The maximum absolute atomic E-state index is 12.4. The largest absolute Gasteiger partial charge is 0.497 e. The Bertz CT molecular complexity index is 432. The summed E-state index contributed by atoms with van der Waals surface area (Å²) in [5.41, 5.74) is 0.637. The number of rotatable bonds is 5. The van der Waals surface area contributed by atoms with E-state index in [-0.39, 0.29) is 5.78 Å². The van der Waals surface area contributed by atoms with Gasteiger partial charge in [0.1, 0.15) is 11.5 Å². The van der Waals surface area contributed by atoms with Gasteiger partial charge >= 0.3 is 0 Å². The molecule has 20 heavy (non-hydrogen) atoms. The monoisotopic (exact) mass is 278 g/mol. The lowest BCUT2D eigenvalue weighted by atomic mass is 10.1. The fourth-order valence-electron chi connectivity index (χ4n) is 2.32. The van der Waals surface area contributed by atoms with Gasteiger partial charge in [-0.1, -0.05) is 0 Å². The minimum atomic E-state index is 0.101. The lowest BCUT2D eigenvalue weighted by Gasteiger charge is -2.18. The summed E-state index contributed by atoms with van der Waals surface area (Å²) in [6.45, 7) is 4.27. The summed E-state index contributed by atoms with van der Waals surface area (Å²) in [6, 6.07) is 5.30. The van der Waals surface area contributed by atoms with Gasteiger partial charge in [0, 0.05) is 24.7 Å². The summed E-state index contributed by atoms with van der Waals surface area (Å²) in [6.07, 6.45) is 1.08. The number of methoxy groups -OCH3 is 2. The summed E-state index contributed by atoms with van der Waals surface area (Å²) in [4.78, 5) is 14.6. The Kier molecular flexibility index (Phi) is 5.38. The number of Topliss-reactive ketones (excluding diaryl/α,β-unsaturated/α-hetero) is 1. The molecule has 1 aromatic carbocycles. The van der Waals surface area contributed by atoms with Crippen molar-refractivity contribution in [2.45, 2.75) is 6.42 Å². The number of carbonyl (C=O) groups is 1. The van der Waals surface area contributed by atoms with Gasteiger partial charge in [-0.3, -0.25) is 9.69 Å². The standard InChI is InChI=1S/C15H22N2O3/c1-19-13-8-12(9-14(10-13)20-2)15(18)11-17-6-3-4-16-5-7-17/h8-10,16H,3-7,11H2,1-2H3. The first-order chi connectivity index (χ1) is 9.72. The molecule has 0 unspecified atom stereocenters. The van der Waals surface area contributed by atoms with Crippen LogP contribution >= 0.6 is 0 Å². The van der Waals surface area contributed by atoms with E-state index in [4.69, 9.17) is 9.47 Å². The van der Waals surface area contributed by atoms with Crippen molar-refractivity contribution in [2.24, 2.45) is 0 Å². The highest BCUT2D eigenvalue weighted by atomic mass is 16.5. The molecule has 0 amide bonds. The molecule has 1 aliphatic heterocycles. The molecular formula is C15H22N2O3. The molecule has 0 spiro atoms. The zero-order valence-corrected chi connectivity index (χ0v) is 12.1. The van der Waals surface area contributed by atoms with Crippen LogP contribution in [-0.4, -0.2) is 57.6 Å². The van der Waals surface area contributed by atoms with Gasteiger partial charge < -0.3 is 14.8 Å². The highest BCUT2D eigenvalue weighted by Gasteiger charge is 2.15. The van der Waals surface area contributed by atoms with Crippen molar-refractivity contribution in [3.63, 3.8) is 0 Å². The van der Waals surface area contributed by atoms with E-state index in [1.54, 1.807) is 32.4 Å². The molecule has 0 atom stereocenters. The highest BCUT2D eigenvalue weighted by Crippen LogP contribution is 2.23. The van der Waals surface area contributed by atoms with Crippen LogP contribution in [0.1, 0.15) is 16.8 Å². The first-order valence-electron chi connectivity index (χ1n) is 6.92. The van der Waals surface area contributed by atoms with Crippen LogP contribution in [0.25, 0.3) is 0 Å². The Morgan fingerprint density at radius 3 is 2.50 bits per heavy atom. The molecule has 0 aliphatic carbocycles. The van der Waals surface area contributed by atoms with E-state index in [0.717, 1.165) is 32.6 Å². The van der Waals surface area contributed by atoms with E-state index in [9.17, 15) is 4.79 Å². The minimum absolute atomic E-state index is 0.101. The van der Waals surface area contributed by atoms with Gasteiger partial charge in [0.15, 0.2) is 5.78 Å². The van der Waals surface area contributed by atoms with Crippen molar-refractivity contribution < 1.29 is 14.3 Å². The maximum Gasteiger partial charge on any atom is 0.177 e. The lowest BCUT2D eigenvalue weighted by Crippen LogP contribution is -2.33. The van der Waals surface area contributed by atoms with Gasteiger partial charge in [-0.25, -0.2) is 0 Å². The van der Waals surface area contributed by atoms with Crippen molar-refractivity contribution in [1.82, 2.24) is 10.2 Å². The van der Waals surface area contributed by atoms with E-state index in [1.807, 2.05) is 0 Å². The normalized spacial score (nSPS) is 16.5. The molecule has 5 nitrogen and oxygen atoms in total. The van der Waals surface area contributed by atoms with Gasteiger partial charge in [-0.2, -0.15) is 0 Å². The average molecular weight is 278 g/mol. The van der Waals surface area contributed by atoms with Crippen molar-refractivity contribution in [3.05, 3.63) is 23.8 Å². The van der Waals surface area contributed by atoms with E-state index in [2.05, 4.69) is 10.2 Å². The molecule has 1 fully saturated rings. The first kappa shape index (κ1) is 14.8. The Hall–Kier alpha value is -1.59. The van der Waals surface area contributed by atoms with Gasteiger partial charge in [-0.05, 0) is 31.6 Å². The number of hydrogen-bond acceptors (Lipinski definition) is 5. The molecule has 1 saturated heterocycles. The zero-order valence-electron chi connectivity index (χ0n) is 12.1. The number of ketones is 1. The summed E-state index contributed by atoms with van der Waals surface area (Å²) >= 11 is 0. The zero-order chi connectivity index (χ0) is 14.4. The molecule has 2 rings (SSSR count). The van der Waals surface area contributed by atoms with Gasteiger partial charge in [0.05, 0.1) is 20.8 Å². The number of hydrogen-bond donors (Lipinski definition) is 1. The van der Waals surface area contributed by atoms with E-state index >= 15 is 0 Å². The predicted molar refractivity (Wildman–Crippen MR) is 77.8 cm³/mol. The van der Waals surface area contributed by atoms with Crippen molar-refractivity contribution >= 4 is 5.78 Å². The summed E-state index contributed by atoms with van der Waals surface area (Å²) in [5.74, 6) is 1.39. The summed E-state index contributed by atoms with van der Waals surface area (Å²) < 4.78 is 10.4. The van der Waals surface area contributed by atoms with Crippen LogP contribution in [0.5, 0.6) is 11.5 Å². The average Bonchev–Trinajstić information content (AvgIpc) is 2.75. The van der Waals surface area contributed by atoms with Crippen LogP contribution in [0, 0.1) is 0 Å². The third-order valence-corrected chi connectivity index (χ3v) is 3.47. The Morgan fingerprint density at radius 1 is 1.15 bits per heavy atom. The summed E-state index contributed by atoms with van der Waals surface area (Å²) in [7, 11) is 3.17. The van der Waals surface area contributed by atoms with E-state index in [1.165, 1.54) is 0 Å². The van der Waals surface area contributed by atoms with Gasteiger partial charge in [0.25, 0.3) is 0 Å². The molecule has 110 valence electrons. The van der Waals surface area contributed by atoms with Crippen molar-refractivity contribution in [1.29, 1.82) is 0 Å². The van der Waals surface area contributed by atoms with Gasteiger partial charge in [-0.15, -0.1) is 0 Å². The Balaban J connectivity index is 2.07.